The Balaban J connectivity index is 2.09. The zero-order chi connectivity index (χ0) is 17.4. The Morgan fingerprint density at radius 1 is 0.800 bits per heavy atom. The van der Waals surface area contributed by atoms with Crippen LogP contribution in [-0.2, 0) is 0 Å². The highest BCUT2D eigenvalue weighted by molar-refractivity contribution is 6.04. The summed E-state index contributed by atoms with van der Waals surface area (Å²) in [7, 11) is 0. The van der Waals surface area contributed by atoms with Crippen LogP contribution in [0, 0.1) is 11.6 Å². The van der Waals surface area contributed by atoms with Crippen molar-refractivity contribution in [1.29, 1.82) is 0 Å². The first kappa shape index (κ1) is 15.2. The normalized spacial score (nSPS) is 11.0. The van der Waals surface area contributed by atoms with E-state index in [-0.39, 0.29) is 17.4 Å². The Morgan fingerprint density at radius 3 is 2.04 bits per heavy atom. The lowest BCUT2D eigenvalue weighted by molar-refractivity contribution is 0.480. The molecular weight excluding hydrogens is 322 g/mol. The third-order valence-corrected chi connectivity index (χ3v) is 4.06. The van der Waals surface area contributed by atoms with E-state index >= 15 is 0 Å². The van der Waals surface area contributed by atoms with Gasteiger partial charge in [-0.3, -0.25) is 0 Å². The summed E-state index contributed by atoms with van der Waals surface area (Å²) in [6.07, 6.45) is 2.96. The number of phenolic OH excluding ortho intramolecular Hbond substituents is 1. The smallest absolute Gasteiger partial charge is 0.142 e. The van der Waals surface area contributed by atoms with Gasteiger partial charge in [0, 0.05) is 17.1 Å². The fraction of sp³-hybridized carbons (Fsp3) is 0. The molecule has 0 radical (unpaired) electrons. The first-order chi connectivity index (χ1) is 12.1. The molecule has 0 saturated heterocycles. The minimum Gasteiger partial charge on any atom is -0.506 e. The summed E-state index contributed by atoms with van der Waals surface area (Å²) < 4.78 is 26.6. The van der Waals surface area contributed by atoms with Crippen LogP contribution in [0.1, 0.15) is 0 Å². The Morgan fingerprint density at radius 2 is 1.40 bits per heavy atom. The number of phenols is 1. The van der Waals surface area contributed by atoms with Crippen LogP contribution < -0.4 is 0 Å². The minimum atomic E-state index is -0.347. The summed E-state index contributed by atoms with van der Waals surface area (Å²) in [4.78, 5) is 8.19. The van der Waals surface area contributed by atoms with Gasteiger partial charge < -0.3 is 5.11 Å². The van der Waals surface area contributed by atoms with E-state index in [0.717, 1.165) is 16.7 Å². The molecule has 3 aromatic carbocycles. The van der Waals surface area contributed by atoms with E-state index in [0.29, 0.717) is 16.5 Å². The van der Waals surface area contributed by atoms with E-state index < -0.39 is 0 Å². The first-order valence-corrected chi connectivity index (χ1v) is 7.61. The van der Waals surface area contributed by atoms with E-state index in [2.05, 4.69) is 9.97 Å². The van der Waals surface area contributed by atoms with Crippen LogP contribution in [0.15, 0.2) is 67.1 Å². The van der Waals surface area contributed by atoms with E-state index in [1.807, 2.05) is 0 Å². The van der Waals surface area contributed by atoms with Crippen LogP contribution in [-0.4, -0.2) is 15.1 Å². The Bertz CT molecular complexity index is 1060. The molecule has 0 fully saturated rings. The van der Waals surface area contributed by atoms with Crippen molar-refractivity contribution in [1.82, 2.24) is 9.97 Å². The number of halogens is 2. The van der Waals surface area contributed by atoms with E-state index in [1.165, 1.54) is 30.6 Å². The molecule has 0 unspecified atom stereocenters. The number of aromatic hydroxyl groups is 1. The molecule has 3 nitrogen and oxygen atoms in total. The number of hydrogen-bond acceptors (Lipinski definition) is 3. The molecular formula is C20H12F2N2O. The number of rotatable bonds is 2. The van der Waals surface area contributed by atoms with E-state index in [1.54, 1.807) is 36.5 Å². The second-order valence-corrected chi connectivity index (χ2v) is 5.62. The highest BCUT2D eigenvalue weighted by Gasteiger charge is 2.16. The van der Waals surface area contributed by atoms with Gasteiger partial charge in [-0.1, -0.05) is 24.3 Å². The van der Waals surface area contributed by atoms with Crippen molar-refractivity contribution in [2.75, 3.05) is 0 Å². The summed E-state index contributed by atoms with van der Waals surface area (Å²) in [5.74, 6) is -0.686. The van der Waals surface area contributed by atoms with Crippen LogP contribution >= 0.6 is 0 Å². The van der Waals surface area contributed by atoms with Crippen LogP contribution in [0.4, 0.5) is 8.78 Å². The molecule has 0 aliphatic carbocycles. The molecule has 0 amide bonds. The van der Waals surface area contributed by atoms with Crippen LogP contribution in [0.2, 0.25) is 0 Å². The molecule has 4 rings (SSSR count). The standard InChI is InChI=1S/C20H12F2N2O/c21-14-5-1-12(2-6-14)16-9-18(25)20-17(10-23-11-24-20)19(16)13-3-7-15(22)8-4-13/h1-11,25H. The maximum absolute atomic E-state index is 13.3. The molecule has 5 heteroatoms. The monoisotopic (exact) mass is 334 g/mol. The van der Waals surface area contributed by atoms with Crippen molar-refractivity contribution < 1.29 is 13.9 Å². The number of benzene rings is 3. The third kappa shape index (κ3) is 2.70. The fourth-order valence-corrected chi connectivity index (χ4v) is 2.92. The summed E-state index contributed by atoms with van der Waals surface area (Å²) in [6, 6.07) is 13.6. The van der Waals surface area contributed by atoms with Gasteiger partial charge in [0.15, 0.2) is 0 Å². The summed E-state index contributed by atoms with van der Waals surface area (Å²) in [6.45, 7) is 0. The molecule has 1 heterocycles. The lowest BCUT2D eigenvalue weighted by Crippen LogP contribution is -1.92. The van der Waals surface area contributed by atoms with Crippen molar-refractivity contribution in [3.05, 3.63) is 78.8 Å². The predicted octanol–water partition coefficient (Wildman–Crippen LogP) is 4.95. The zero-order valence-corrected chi connectivity index (χ0v) is 12.9. The van der Waals surface area contributed by atoms with E-state index in [9.17, 15) is 13.9 Å². The van der Waals surface area contributed by atoms with Gasteiger partial charge in [0.25, 0.3) is 0 Å². The number of aromatic nitrogens is 2. The lowest BCUT2D eigenvalue weighted by Gasteiger charge is -2.14. The number of hydrogen-bond donors (Lipinski definition) is 1. The van der Waals surface area contributed by atoms with Gasteiger partial charge in [0.2, 0.25) is 0 Å². The summed E-state index contributed by atoms with van der Waals surface area (Å²) >= 11 is 0. The number of fused-ring (bicyclic) bond motifs is 1. The summed E-state index contributed by atoms with van der Waals surface area (Å²) in [5, 5.41) is 11.0. The van der Waals surface area contributed by atoms with Gasteiger partial charge >= 0.3 is 0 Å². The Labute approximate surface area is 142 Å². The molecule has 0 aliphatic heterocycles. The Hall–Kier alpha value is -3.34. The SMILES string of the molecule is Oc1cc(-c2ccc(F)cc2)c(-c2ccc(F)cc2)c2cncnc12. The molecule has 25 heavy (non-hydrogen) atoms. The van der Waals surface area contributed by atoms with Crippen molar-refractivity contribution in [2.45, 2.75) is 0 Å². The second kappa shape index (κ2) is 5.94. The number of nitrogens with zero attached hydrogens (tertiary/aromatic N) is 2. The highest BCUT2D eigenvalue weighted by Crippen LogP contribution is 2.41. The van der Waals surface area contributed by atoms with Crippen molar-refractivity contribution >= 4 is 10.9 Å². The maximum atomic E-state index is 13.3. The maximum Gasteiger partial charge on any atom is 0.142 e. The van der Waals surface area contributed by atoms with Gasteiger partial charge in [-0.15, -0.1) is 0 Å². The first-order valence-electron chi connectivity index (χ1n) is 7.61. The van der Waals surface area contributed by atoms with Crippen LogP contribution in [0.5, 0.6) is 5.75 Å². The van der Waals surface area contributed by atoms with Crippen LogP contribution in [0.3, 0.4) is 0 Å². The average molecular weight is 334 g/mol. The molecule has 4 aromatic rings. The molecule has 0 aliphatic rings. The largest absolute Gasteiger partial charge is 0.506 e. The Kier molecular flexibility index (Phi) is 3.61. The highest BCUT2D eigenvalue weighted by atomic mass is 19.1. The van der Waals surface area contributed by atoms with Crippen molar-refractivity contribution in [3.63, 3.8) is 0 Å². The molecule has 0 saturated carbocycles. The van der Waals surface area contributed by atoms with Crippen LogP contribution in [0.25, 0.3) is 33.2 Å². The molecule has 0 spiro atoms. The average Bonchev–Trinajstić information content (AvgIpc) is 2.63. The fourth-order valence-electron chi connectivity index (χ4n) is 2.92. The van der Waals surface area contributed by atoms with Gasteiger partial charge in [-0.05, 0) is 47.0 Å². The quantitative estimate of drug-likeness (QED) is 0.564. The van der Waals surface area contributed by atoms with E-state index in [4.69, 9.17) is 0 Å². The van der Waals surface area contributed by atoms with Crippen molar-refractivity contribution in [3.8, 4) is 28.0 Å². The molecule has 0 bridgehead atoms. The topological polar surface area (TPSA) is 46.0 Å². The van der Waals surface area contributed by atoms with Gasteiger partial charge in [0.05, 0.1) is 0 Å². The minimum absolute atomic E-state index is 0.00240. The van der Waals surface area contributed by atoms with Gasteiger partial charge in [-0.25, -0.2) is 18.7 Å². The van der Waals surface area contributed by atoms with Gasteiger partial charge in [-0.2, -0.15) is 0 Å². The molecule has 122 valence electrons. The summed E-state index contributed by atoms with van der Waals surface area (Å²) in [5.41, 5.74) is 3.31. The molecule has 0 atom stereocenters. The second-order valence-electron chi connectivity index (χ2n) is 5.62. The molecule has 1 N–H and O–H groups in total. The van der Waals surface area contributed by atoms with Crippen molar-refractivity contribution in [2.24, 2.45) is 0 Å². The lowest BCUT2D eigenvalue weighted by atomic mass is 9.91. The molecule has 1 aromatic heterocycles. The van der Waals surface area contributed by atoms with Gasteiger partial charge in [0.1, 0.15) is 29.2 Å². The zero-order valence-electron chi connectivity index (χ0n) is 12.9. The predicted molar refractivity (Wildman–Crippen MR) is 92.0 cm³/mol. The third-order valence-electron chi connectivity index (χ3n) is 4.06.